The molecule has 0 saturated heterocycles. The summed E-state index contributed by atoms with van der Waals surface area (Å²) in [5.41, 5.74) is 3.50. The highest BCUT2D eigenvalue weighted by atomic mass is 16.5. The maximum absolute atomic E-state index is 11.7. The van der Waals surface area contributed by atoms with Crippen LogP contribution in [0.5, 0.6) is 11.5 Å². The molecule has 0 bridgehead atoms. The first-order chi connectivity index (χ1) is 9.70. The van der Waals surface area contributed by atoms with Crippen LogP contribution in [0.25, 0.3) is 0 Å². The zero-order chi connectivity index (χ0) is 14.4. The van der Waals surface area contributed by atoms with Crippen LogP contribution < -0.4 is 10.2 Å². The number of carbonyl (C=O) groups excluding carboxylic acids is 1. The van der Waals surface area contributed by atoms with Crippen molar-refractivity contribution in [3.63, 3.8) is 0 Å². The van der Waals surface area contributed by atoms with E-state index >= 15 is 0 Å². The van der Waals surface area contributed by atoms with Crippen molar-refractivity contribution in [2.24, 2.45) is 5.10 Å². The van der Waals surface area contributed by atoms with Crippen LogP contribution in [0.4, 0.5) is 0 Å². The summed E-state index contributed by atoms with van der Waals surface area (Å²) in [6.45, 7) is 0. The van der Waals surface area contributed by atoms with Gasteiger partial charge in [0, 0.05) is 12.4 Å². The zero-order valence-electron chi connectivity index (χ0n) is 10.8. The molecule has 0 fully saturated rings. The summed E-state index contributed by atoms with van der Waals surface area (Å²) in [6, 6.07) is 8.06. The number of phenols is 1. The van der Waals surface area contributed by atoms with Crippen molar-refractivity contribution in [2.75, 3.05) is 7.11 Å². The van der Waals surface area contributed by atoms with Crippen LogP contribution in [0.2, 0.25) is 0 Å². The number of carbonyl (C=O) groups is 1. The number of aromatic hydroxyl groups is 1. The third-order valence-electron chi connectivity index (χ3n) is 2.51. The molecule has 0 aliphatic heterocycles. The minimum Gasteiger partial charge on any atom is -0.504 e. The Balaban J connectivity index is 2.02. The molecule has 6 nitrogen and oxygen atoms in total. The summed E-state index contributed by atoms with van der Waals surface area (Å²) in [7, 11) is 1.46. The monoisotopic (exact) mass is 271 g/mol. The van der Waals surface area contributed by atoms with Crippen molar-refractivity contribution in [3.05, 3.63) is 53.9 Å². The number of aromatic nitrogens is 1. The highest BCUT2D eigenvalue weighted by molar-refractivity contribution is 5.94. The van der Waals surface area contributed by atoms with Crippen LogP contribution in [0, 0.1) is 0 Å². The Morgan fingerprint density at radius 3 is 3.00 bits per heavy atom. The lowest BCUT2D eigenvalue weighted by molar-refractivity contribution is 0.0955. The maximum Gasteiger partial charge on any atom is 0.272 e. The lowest BCUT2D eigenvalue weighted by atomic mass is 10.2. The topological polar surface area (TPSA) is 83.8 Å². The zero-order valence-corrected chi connectivity index (χ0v) is 10.8. The van der Waals surface area contributed by atoms with Crippen molar-refractivity contribution >= 4 is 12.1 Å². The normalized spacial score (nSPS) is 10.4. The van der Waals surface area contributed by atoms with Gasteiger partial charge in [-0.05, 0) is 35.9 Å². The Morgan fingerprint density at radius 1 is 1.45 bits per heavy atom. The van der Waals surface area contributed by atoms with Crippen molar-refractivity contribution in [1.82, 2.24) is 10.4 Å². The third kappa shape index (κ3) is 3.32. The predicted octanol–water partition coefficient (Wildman–Crippen LogP) is 1.56. The molecule has 0 aliphatic rings. The van der Waals surface area contributed by atoms with Crippen molar-refractivity contribution in [1.29, 1.82) is 0 Å². The highest BCUT2D eigenvalue weighted by Crippen LogP contribution is 2.25. The number of methoxy groups -OCH3 is 1. The first-order valence-electron chi connectivity index (χ1n) is 5.81. The summed E-state index contributed by atoms with van der Waals surface area (Å²) < 4.78 is 4.98. The van der Waals surface area contributed by atoms with E-state index in [2.05, 4.69) is 15.5 Å². The van der Waals surface area contributed by atoms with E-state index in [1.807, 2.05) is 0 Å². The van der Waals surface area contributed by atoms with Crippen molar-refractivity contribution in [2.45, 2.75) is 0 Å². The SMILES string of the molecule is COc1cc(/C=N\NC(=O)c2cccnc2)ccc1O. The molecule has 20 heavy (non-hydrogen) atoms. The Kier molecular flexibility index (Phi) is 4.28. The fourth-order valence-corrected chi connectivity index (χ4v) is 1.50. The molecule has 102 valence electrons. The molecule has 1 aromatic carbocycles. The summed E-state index contributed by atoms with van der Waals surface area (Å²) in [6.07, 6.45) is 4.49. The molecule has 1 aromatic heterocycles. The second-order valence-electron chi connectivity index (χ2n) is 3.87. The first-order valence-corrected chi connectivity index (χ1v) is 5.81. The lowest BCUT2D eigenvalue weighted by Crippen LogP contribution is -2.17. The lowest BCUT2D eigenvalue weighted by Gasteiger charge is -2.03. The average molecular weight is 271 g/mol. The van der Waals surface area contributed by atoms with Crippen LogP contribution in [-0.2, 0) is 0 Å². The van der Waals surface area contributed by atoms with Crippen LogP contribution in [0.15, 0.2) is 47.8 Å². The minimum absolute atomic E-state index is 0.0454. The second kappa shape index (κ2) is 6.33. The fourth-order valence-electron chi connectivity index (χ4n) is 1.50. The number of nitrogens with zero attached hydrogens (tertiary/aromatic N) is 2. The van der Waals surface area contributed by atoms with Gasteiger partial charge in [-0.2, -0.15) is 5.10 Å². The number of hydrazone groups is 1. The maximum atomic E-state index is 11.7. The smallest absolute Gasteiger partial charge is 0.272 e. The average Bonchev–Trinajstić information content (AvgIpc) is 2.49. The molecule has 2 aromatic rings. The molecule has 0 radical (unpaired) electrons. The van der Waals surface area contributed by atoms with Crippen molar-refractivity contribution < 1.29 is 14.6 Å². The van der Waals surface area contributed by atoms with E-state index in [0.717, 1.165) is 0 Å². The van der Waals surface area contributed by atoms with E-state index in [-0.39, 0.29) is 11.7 Å². The predicted molar refractivity (Wildman–Crippen MR) is 74.0 cm³/mol. The largest absolute Gasteiger partial charge is 0.504 e. The summed E-state index contributed by atoms with van der Waals surface area (Å²) in [4.78, 5) is 15.5. The van der Waals surface area contributed by atoms with Gasteiger partial charge in [0.25, 0.3) is 5.91 Å². The van der Waals surface area contributed by atoms with E-state index in [4.69, 9.17) is 4.74 Å². The molecule has 0 unspecified atom stereocenters. The third-order valence-corrected chi connectivity index (χ3v) is 2.51. The molecular weight excluding hydrogens is 258 g/mol. The summed E-state index contributed by atoms with van der Waals surface area (Å²) in [5.74, 6) is 0.0386. The van der Waals surface area contributed by atoms with E-state index in [9.17, 15) is 9.90 Å². The number of phenolic OH excluding ortho intramolecular Hbond substituents is 1. The second-order valence-corrected chi connectivity index (χ2v) is 3.87. The van der Waals surface area contributed by atoms with E-state index in [0.29, 0.717) is 16.9 Å². The fraction of sp³-hybridized carbons (Fsp3) is 0.0714. The van der Waals surface area contributed by atoms with E-state index in [1.54, 1.807) is 30.5 Å². The molecule has 2 rings (SSSR count). The Hall–Kier alpha value is -2.89. The van der Waals surface area contributed by atoms with Gasteiger partial charge in [-0.3, -0.25) is 9.78 Å². The molecule has 2 N–H and O–H groups in total. The summed E-state index contributed by atoms with van der Waals surface area (Å²) >= 11 is 0. The number of benzene rings is 1. The van der Waals surface area contributed by atoms with Gasteiger partial charge in [0.1, 0.15) is 0 Å². The van der Waals surface area contributed by atoms with Gasteiger partial charge in [-0.15, -0.1) is 0 Å². The molecule has 6 heteroatoms. The minimum atomic E-state index is -0.347. The summed E-state index contributed by atoms with van der Waals surface area (Å²) in [5, 5.41) is 13.3. The van der Waals surface area contributed by atoms with Gasteiger partial charge in [-0.1, -0.05) is 0 Å². The van der Waals surface area contributed by atoms with Crippen LogP contribution in [-0.4, -0.2) is 29.3 Å². The number of rotatable bonds is 4. The standard InChI is InChI=1S/C14H13N3O3/c1-20-13-7-10(4-5-12(13)18)8-16-17-14(19)11-3-2-6-15-9-11/h2-9,18H,1H3,(H,17,19)/b16-8-. The van der Waals surface area contributed by atoms with E-state index < -0.39 is 0 Å². The molecule has 0 saturated carbocycles. The molecular formula is C14H13N3O3. The number of amides is 1. The molecule has 0 spiro atoms. The number of hydrogen-bond acceptors (Lipinski definition) is 5. The van der Waals surface area contributed by atoms with Gasteiger partial charge >= 0.3 is 0 Å². The first kappa shape index (κ1) is 13.5. The van der Waals surface area contributed by atoms with E-state index in [1.165, 1.54) is 25.6 Å². The molecule has 1 amide bonds. The number of nitrogens with one attached hydrogen (secondary N) is 1. The highest BCUT2D eigenvalue weighted by Gasteiger charge is 2.03. The van der Waals surface area contributed by atoms with Gasteiger partial charge in [-0.25, -0.2) is 5.43 Å². The Bertz CT molecular complexity index is 627. The van der Waals surface area contributed by atoms with Crippen LogP contribution in [0.3, 0.4) is 0 Å². The number of ether oxygens (including phenoxy) is 1. The quantitative estimate of drug-likeness (QED) is 0.653. The molecule has 1 heterocycles. The van der Waals surface area contributed by atoms with Gasteiger partial charge in [0.2, 0.25) is 0 Å². The van der Waals surface area contributed by atoms with Crippen LogP contribution in [0.1, 0.15) is 15.9 Å². The molecule has 0 aliphatic carbocycles. The number of hydrogen-bond donors (Lipinski definition) is 2. The Morgan fingerprint density at radius 2 is 2.30 bits per heavy atom. The van der Waals surface area contributed by atoms with Gasteiger partial charge in [0.15, 0.2) is 11.5 Å². The van der Waals surface area contributed by atoms with Gasteiger partial charge < -0.3 is 9.84 Å². The van der Waals surface area contributed by atoms with Crippen molar-refractivity contribution in [3.8, 4) is 11.5 Å². The van der Waals surface area contributed by atoms with Crippen LogP contribution >= 0.6 is 0 Å². The number of pyridine rings is 1. The van der Waals surface area contributed by atoms with Gasteiger partial charge in [0.05, 0.1) is 18.9 Å². The molecule has 0 atom stereocenters. The Labute approximate surface area is 115 Å².